The molecule has 6 heteroatoms. The summed E-state index contributed by atoms with van der Waals surface area (Å²) < 4.78 is 0. The molecule has 2 unspecified atom stereocenters. The Morgan fingerprint density at radius 3 is 2.68 bits per heavy atom. The molecule has 0 heterocycles. The van der Waals surface area contributed by atoms with Gasteiger partial charge in [0, 0.05) is 25.3 Å². The van der Waals surface area contributed by atoms with E-state index in [9.17, 15) is 14.9 Å². The van der Waals surface area contributed by atoms with E-state index < -0.39 is 10.9 Å². The van der Waals surface area contributed by atoms with Gasteiger partial charge in [0.25, 0.3) is 5.69 Å². The van der Waals surface area contributed by atoms with E-state index in [1.54, 1.807) is 6.07 Å². The van der Waals surface area contributed by atoms with E-state index >= 15 is 0 Å². The van der Waals surface area contributed by atoms with Crippen molar-refractivity contribution in [3.8, 4) is 0 Å². The van der Waals surface area contributed by atoms with Gasteiger partial charge in [-0.1, -0.05) is 6.92 Å². The quantitative estimate of drug-likeness (QED) is 0.652. The van der Waals surface area contributed by atoms with Crippen LogP contribution in [0.1, 0.15) is 23.7 Å². The number of carboxylic acids is 1. The summed E-state index contributed by atoms with van der Waals surface area (Å²) in [5.41, 5.74) is 0.0402. The number of nitrogens with zero attached hydrogens (tertiary/aromatic N) is 2. The van der Waals surface area contributed by atoms with E-state index in [-0.39, 0.29) is 11.3 Å². The molecule has 0 spiro atoms. The lowest BCUT2D eigenvalue weighted by Gasteiger charge is -2.19. The lowest BCUT2D eigenvalue weighted by molar-refractivity contribution is -0.385. The van der Waals surface area contributed by atoms with Crippen molar-refractivity contribution < 1.29 is 14.8 Å². The molecular formula is C13H16N2O4. The highest BCUT2D eigenvalue weighted by Gasteiger charge is 2.33. The van der Waals surface area contributed by atoms with Gasteiger partial charge in [0.1, 0.15) is 5.56 Å². The molecule has 0 bridgehead atoms. The van der Waals surface area contributed by atoms with Gasteiger partial charge >= 0.3 is 5.97 Å². The zero-order valence-electron chi connectivity index (χ0n) is 10.9. The van der Waals surface area contributed by atoms with Crippen LogP contribution in [0.5, 0.6) is 0 Å². The number of aromatic carboxylic acids is 1. The van der Waals surface area contributed by atoms with E-state index in [0.717, 1.165) is 6.54 Å². The van der Waals surface area contributed by atoms with Crippen LogP contribution in [0.15, 0.2) is 18.2 Å². The first-order chi connectivity index (χ1) is 8.90. The third-order valence-corrected chi connectivity index (χ3v) is 3.63. The SMILES string of the molecule is CC1CC1CN(C)c1ccc(C(=O)O)c([N+](=O)[O-])c1. The second kappa shape index (κ2) is 4.87. The van der Waals surface area contributed by atoms with Gasteiger partial charge in [-0.2, -0.15) is 0 Å². The smallest absolute Gasteiger partial charge is 0.342 e. The molecule has 1 aliphatic carbocycles. The second-order valence-electron chi connectivity index (χ2n) is 5.12. The van der Waals surface area contributed by atoms with E-state index in [1.807, 2.05) is 11.9 Å². The molecule has 0 saturated heterocycles. The van der Waals surface area contributed by atoms with Crippen molar-refractivity contribution in [2.75, 3.05) is 18.5 Å². The fraction of sp³-hybridized carbons (Fsp3) is 0.462. The molecule has 0 radical (unpaired) electrons. The molecule has 1 aliphatic rings. The average molecular weight is 264 g/mol. The Kier molecular flexibility index (Phi) is 3.42. The monoisotopic (exact) mass is 264 g/mol. The van der Waals surface area contributed by atoms with Crippen LogP contribution in [0.25, 0.3) is 0 Å². The average Bonchev–Trinajstić information content (AvgIpc) is 3.03. The molecule has 0 amide bonds. The lowest BCUT2D eigenvalue weighted by atomic mass is 10.1. The summed E-state index contributed by atoms with van der Waals surface area (Å²) >= 11 is 0. The van der Waals surface area contributed by atoms with E-state index in [2.05, 4.69) is 6.92 Å². The van der Waals surface area contributed by atoms with Gasteiger partial charge in [0.05, 0.1) is 4.92 Å². The molecule has 6 nitrogen and oxygen atoms in total. The van der Waals surface area contributed by atoms with Crippen molar-refractivity contribution >= 4 is 17.3 Å². The number of carbonyl (C=O) groups is 1. The van der Waals surface area contributed by atoms with Gasteiger partial charge in [0.2, 0.25) is 0 Å². The van der Waals surface area contributed by atoms with Crippen molar-refractivity contribution in [2.24, 2.45) is 11.8 Å². The molecule has 1 aromatic rings. The normalized spacial score (nSPS) is 20.9. The number of nitro benzene ring substituents is 1. The largest absolute Gasteiger partial charge is 0.477 e. The Morgan fingerprint density at radius 2 is 2.21 bits per heavy atom. The summed E-state index contributed by atoms with van der Waals surface area (Å²) in [7, 11) is 1.87. The maximum Gasteiger partial charge on any atom is 0.342 e. The molecule has 1 saturated carbocycles. The maximum atomic E-state index is 10.9. The molecule has 102 valence electrons. The summed E-state index contributed by atoms with van der Waals surface area (Å²) in [5.74, 6) is 0.0515. The Morgan fingerprint density at radius 1 is 1.58 bits per heavy atom. The van der Waals surface area contributed by atoms with Gasteiger partial charge in [0.15, 0.2) is 0 Å². The third-order valence-electron chi connectivity index (χ3n) is 3.63. The van der Waals surface area contributed by atoms with Gasteiger partial charge in [-0.25, -0.2) is 4.79 Å². The van der Waals surface area contributed by atoms with Gasteiger partial charge in [-0.3, -0.25) is 10.1 Å². The lowest BCUT2D eigenvalue weighted by Crippen LogP contribution is -2.20. The van der Waals surface area contributed by atoms with Crippen molar-refractivity contribution in [3.63, 3.8) is 0 Å². The molecule has 2 atom stereocenters. The minimum Gasteiger partial charge on any atom is -0.477 e. The van der Waals surface area contributed by atoms with Gasteiger partial charge < -0.3 is 10.0 Å². The van der Waals surface area contributed by atoms with Crippen LogP contribution in [0.4, 0.5) is 11.4 Å². The first-order valence-corrected chi connectivity index (χ1v) is 6.13. The minimum absolute atomic E-state index is 0.276. The molecule has 0 aliphatic heterocycles. The van der Waals surface area contributed by atoms with Crippen LogP contribution in [0.2, 0.25) is 0 Å². The van der Waals surface area contributed by atoms with Gasteiger partial charge in [-0.15, -0.1) is 0 Å². The number of benzene rings is 1. The number of carboxylic acid groups (broad SMARTS) is 1. The maximum absolute atomic E-state index is 10.9. The Bertz CT molecular complexity index is 529. The third kappa shape index (κ3) is 2.83. The van der Waals surface area contributed by atoms with Crippen molar-refractivity contribution in [1.82, 2.24) is 0 Å². The predicted molar refractivity (Wildman–Crippen MR) is 70.6 cm³/mol. The standard InChI is InChI=1S/C13H16N2O4/c1-8-5-9(8)7-14(2)10-3-4-11(13(16)17)12(6-10)15(18)19/h3-4,6,8-9H,5,7H2,1-2H3,(H,16,17). The Labute approximate surface area is 110 Å². The van der Waals surface area contributed by atoms with Crippen molar-refractivity contribution in [1.29, 1.82) is 0 Å². The Hall–Kier alpha value is -2.11. The van der Waals surface area contributed by atoms with Crippen LogP contribution in [0.3, 0.4) is 0 Å². The van der Waals surface area contributed by atoms with E-state index in [0.29, 0.717) is 17.5 Å². The fourth-order valence-corrected chi connectivity index (χ4v) is 2.20. The summed E-state index contributed by atoms with van der Waals surface area (Å²) in [5, 5.41) is 19.8. The van der Waals surface area contributed by atoms with E-state index in [4.69, 9.17) is 5.11 Å². The highest BCUT2D eigenvalue weighted by atomic mass is 16.6. The van der Waals surface area contributed by atoms with Crippen molar-refractivity contribution in [2.45, 2.75) is 13.3 Å². The molecular weight excluding hydrogens is 248 g/mol. The van der Waals surface area contributed by atoms with E-state index in [1.165, 1.54) is 18.6 Å². The molecule has 2 rings (SSSR count). The summed E-state index contributed by atoms with van der Waals surface area (Å²) in [6.45, 7) is 3.01. The van der Waals surface area contributed by atoms with Crippen LogP contribution in [-0.4, -0.2) is 29.6 Å². The van der Waals surface area contributed by atoms with Crippen LogP contribution < -0.4 is 4.90 Å². The number of rotatable bonds is 5. The topological polar surface area (TPSA) is 83.7 Å². The number of hydrogen-bond acceptors (Lipinski definition) is 4. The number of anilines is 1. The van der Waals surface area contributed by atoms with Crippen LogP contribution >= 0.6 is 0 Å². The molecule has 1 fully saturated rings. The van der Waals surface area contributed by atoms with Crippen molar-refractivity contribution in [3.05, 3.63) is 33.9 Å². The summed E-state index contributed by atoms with van der Waals surface area (Å²) in [4.78, 5) is 23.1. The molecule has 1 aromatic carbocycles. The van der Waals surface area contributed by atoms with Gasteiger partial charge in [-0.05, 0) is 30.4 Å². The minimum atomic E-state index is -1.28. The number of hydrogen-bond donors (Lipinski definition) is 1. The molecule has 0 aromatic heterocycles. The zero-order chi connectivity index (χ0) is 14.2. The first kappa shape index (κ1) is 13.3. The predicted octanol–water partition coefficient (Wildman–Crippen LogP) is 2.39. The highest BCUT2D eigenvalue weighted by molar-refractivity contribution is 5.93. The first-order valence-electron chi connectivity index (χ1n) is 6.13. The summed E-state index contributed by atoms with van der Waals surface area (Å²) in [6.07, 6.45) is 1.18. The van der Waals surface area contributed by atoms with Crippen LogP contribution in [-0.2, 0) is 0 Å². The van der Waals surface area contributed by atoms with Crippen LogP contribution in [0, 0.1) is 22.0 Å². The molecule has 19 heavy (non-hydrogen) atoms. The highest BCUT2D eigenvalue weighted by Crippen LogP contribution is 2.39. The molecule has 1 N–H and O–H groups in total. The number of nitro groups is 1. The zero-order valence-corrected chi connectivity index (χ0v) is 10.9. The summed E-state index contributed by atoms with van der Waals surface area (Å²) in [6, 6.07) is 4.24. The fourth-order valence-electron chi connectivity index (χ4n) is 2.20. The Balaban J connectivity index is 2.24. The second-order valence-corrected chi connectivity index (χ2v) is 5.12.